The molecule has 2 fully saturated rings. The highest BCUT2D eigenvalue weighted by Crippen LogP contribution is 2.44. The number of rotatable bonds is 14. The standard InChI is InChI=1S/C47H58N7O7/c1-8-26(3)14-41(55)53-21-28(23-58-5)15-38(53)44-48-20-37(50-44)31-10-12-33-32(17-31)25-61-40-19-34-30(18-35(33)40)11-13-36-43(34)51-45(49-36)39-16-29(24-59-6)22-54(39)46(56)42(27(4)9-2)52-47(57)60-7/h10-14,17-20,26-29,38-39,42H,8-9,15-16,21-25H2,1-7H3,(H,48,50)(H,49,51)(H,52,57)/t26-,27+,28+,29+,38+,39+,42+/m1/s1. The molecule has 0 spiro atoms. The number of imidazole rings is 2. The number of aromatic amines is 2. The molecule has 0 aliphatic carbocycles. The highest BCUT2D eigenvalue weighted by molar-refractivity contribution is 6.07. The Morgan fingerprint density at radius 3 is 2.34 bits per heavy atom. The van der Waals surface area contributed by atoms with E-state index in [2.05, 4.69) is 65.5 Å². The molecule has 0 bridgehead atoms. The number of carbonyl (C=O) groups is 3. The summed E-state index contributed by atoms with van der Waals surface area (Å²) in [5.74, 6) is 2.60. The van der Waals surface area contributed by atoms with Crippen molar-refractivity contribution < 1.29 is 33.3 Å². The first-order valence-electron chi connectivity index (χ1n) is 21.6. The van der Waals surface area contributed by atoms with E-state index in [4.69, 9.17) is 28.9 Å². The Hall–Kier alpha value is -5.47. The normalized spacial score (nSPS) is 21.2. The van der Waals surface area contributed by atoms with E-state index >= 15 is 0 Å². The number of nitrogens with one attached hydrogen (secondary N) is 3. The summed E-state index contributed by atoms with van der Waals surface area (Å²) in [7, 11) is 4.68. The summed E-state index contributed by atoms with van der Waals surface area (Å²) in [4.78, 5) is 60.7. The van der Waals surface area contributed by atoms with Gasteiger partial charge in [-0.15, -0.1) is 0 Å². The molecule has 8 rings (SSSR count). The van der Waals surface area contributed by atoms with Crippen molar-refractivity contribution in [3.63, 3.8) is 0 Å². The predicted molar refractivity (Wildman–Crippen MR) is 232 cm³/mol. The molecule has 2 aromatic heterocycles. The second kappa shape index (κ2) is 17.9. The molecular formula is C47H58N7O7. The molecule has 61 heavy (non-hydrogen) atoms. The van der Waals surface area contributed by atoms with Crippen LogP contribution in [0.25, 0.3) is 44.2 Å². The Morgan fingerprint density at radius 2 is 1.64 bits per heavy atom. The Morgan fingerprint density at radius 1 is 0.902 bits per heavy atom. The summed E-state index contributed by atoms with van der Waals surface area (Å²) >= 11 is 0. The number of ether oxygens (including phenoxy) is 4. The quantitative estimate of drug-likeness (QED) is 0.102. The first kappa shape index (κ1) is 42.2. The van der Waals surface area contributed by atoms with Crippen molar-refractivity contribution in [2.45, 2.75) is 78.1 Å². The number of fused-ring (bicyclic) bond motifs is 6. The molecule has 14 heteroatoms. The summed E-state index contributed by atoms with van der Waals surface area (Å²) in [5, 5.41) is 4.80. The van der Waals surface area contributed by atoms with Gasteiger partial charge in [0.2, 0.25) is 11.8 Å². The van der Waals surface area contributed by atoms with Crippen LogP contribution < -0.4 is 10.1 Å². The molecule has 323 valence electrons. The van der Waals surface area contributed by atoms with Gasteiger partial charge >= 0.3 is 6.09 Å². The van der Waals surface area contributed by atoms with Gasteiger partial charge in [0.25, 0.3) is 0 Å². The topological polar surface area (TPSA) is 164 Å². The fourth-order valence-corrected chi connectivity index (χ4v) is 9.36. The van der Waals surface area contributed by atoms with Gasteiger partial charge < -0.3 is 44.0 Å². The van der Waals surface area contributed by atoms with Gasteiger partial charge in [-0.25, -0.2) is 14.8 Å². The molecule has 5 aromatic rings. The van der Waals surface area contributed by atoms with Crippen LogP contribution in [0.3, 0.4) is 0 Å². The minimum absolute atomic E-state index is 0.0480. The lowest BCUT2D eigenvalue weighted by Gasteiger charge is -2.30. The van der Waals surface area contributed by atoms with Gasteiger partial charge in [0.1, 0.15) is 30.0 Å². The zero-order valence-corrected chi connectivity index (χ0v) is 36.2. The third kappa shape index (κ3) is 8.31. The fourth-order valence-electron chi connectivity index (χ4n) is 9.36. The van der Waals surface area contributed by atoms with E-state index in [0.29, 0.717) is 51.6 Å². The number of hydrogen-bond acceptors (Lipinski definition) is 9. The maximum atomic E-state index is 14.2. The van der Waals surface area contributed by atoms with Gasteiger partial charge in [-0.05, 0) is 71.0 Å². The van der Waals surface area contributed by atoms with E-state index in [1.165, 1.54) is 7.11 Å². The van der Waals surface area contributed by atoms with Gasteiger partial charge in [0.05, 0.1) is 61.8 Å². The lowest BCUT2D eigenvalue weighted by molar-refractivity contribution is -0.136. The maximum Gasteiger partial charge on any atom is 0.407 e. The number of nitrogens with zero attached hydrogens (tertiary/aromatic N) is 4. The van der Waals surface area contributed by atoms with Crippen molar-refractivity contribution >= 4 is 39.7 Å². The van der Waals surface area contributed by atoms with Crippen LogP contribution in [0.4, 0.5) is 4.79 Å². The van der Waals surface area contributed by atoms with Gasteiger partial charge in [0.15, 0.2) is 0 Å². The molecule has 7 atom stereocenters. The average molecular weight is 833 g/mol. The van der Waals surface area contributed by atoms with Crippen LogP contribution in [0.2, 0.25) is 0 Å². The monoisotopic (exact) mass is 832 g/mol. The number of methoxy groups -OCH3 is 3. The molecular weight excluding hydrogens is 775 g/mol. The van der Waals surface area contributed by atoms with Crippen LogP contribution in [0.5, 0.6) is 5.75 Å². The number of benzene rings is 3. The first-order chi connectivity index (χ1) is 29.5. The number of aromatic nitrogens is 4. The van der Waals surface area contributed by atoms with Crippen LogP contribution in [-0.2, 0) is 30.4 Å². The van der Waals surface area contributed by atoms with E-state index in [1.807, 2.05) is 42.3 Å². The largest absolute Gasteiger partial charge is 0.488 e. The van der Waals surface area contributed by atoms with E-state index in [0.717, 1.165) is 74.2 Å². The molecule has 1 radical (unpaired) electrons. The second-order valence-corrected chi connectivity index (χ2v) is 17.2. The van der Waals surface area contributed by atoms with Crippen LogP contribution in [0, 0.1) is 30.1 Å². The van der Waals surface area contributed by atoms with Crippen LogP contribution in [0.15, 0.2) is 48.7 Å². The maximum absolute atomic E-state index is 14.2. The van der Waals surface area contributed by atoms with E-state index < -0.39 is 12.1 Å². The van der Waals surface area contributed by atoms with E-state index in [9.17, 15) is 14.4 Å². The SMILES string of the molecule is CC[C@@H](C)[CH]C(=O)N1C[C@@H](COC)C[C@H]1c1ncc(-c2ccc3c(c2)COc2cc4c(ccc5nc([C@@H]6C[C@H](COC)CN6C(=O)[C@@H](NC(=O)OC)[C@@H](C)CC)[nH]c54)cc2-3)[nH]1. The molecule has 3 aliphatic heterocycles. The first-order valence-corrected chi connectivity index (χ1v) is 21.6. The van der Waals surface area contributed by atoms with Crippen molar-refractivity contribution in [3.05, 3.63) is 72.3 Å². The number of likely N-dealkylation sites (tertiary alicyclic amines) is 2. The van der Waals surface area contributed by atoms with Crippen LogP contribution in [-0.4, -0.2) is 101 Å². The van der Waals surface area contributed by atoms with Gasteiger partial charge in [-0.3, -0.25) is 9.59 Å². The molecule has 5 heterocycles. The molecule has 3 N–H and O–H groups in total. The minimum Gasteiger partial charge on any atom is -0.488 e. The molecule has 0 unspecified atom stereocenters. The molecule has 14 nitrogen and oxygen atoms in total. The third-order valence-corrected chi connectivity index (χ3v) is 13.1. The smallest absolute Gasteiger partial charge is 0.407 e. The fraction of sp³-hybridized carbons (Fsp3) is 0.489. The van der Waals surface area contributed by atoms with Gasteiger partial charge in [0, 0.05) is 50.1 Å². The second-order valence-electron chi connectivity index (χ2n) is 17.2. The number of amides is 3. The van der Waals surface area contributed by atoms with Crippen molar-refractivity contribution in [3.8, 4) is 28.1 Å². The molecule has 3 aliphatic rings. The highest BCUT2D eigenvalue weighted by atomic mass is 16.5. The van der Waals surface area contributed by atoms with Crippen molar-refractivity contribution in [2.24, 2.45) is 23.7 Å². The van der Waals surface area contributed by atoms with Crippen molar-refractivity contribution in [2.75, 3.05) is 47.6 Å². The van der Waals surface area contributed by atoms with Gasteiger partial charge in [-0.1, -0.05) is 58.7 Å². The highest BCUT2D eigenvalue weighted by Gasteiger charge is 2.42. The Labute approximate surface area is 357 Å². The molecule has 3 aromatic carbocycles. The molecule has 2 saturated heterocycles. The zero-order chi connectivity index (χ0) is 42.9. The number of alkyl carbamates (subject to hydrolysis) is 1. The lowest BCUT2D eigenvalue weighted by atomic mass is 9.92. The van der Waals surface area contributed by atoms with Crippen molar-refractivity contribution in [1.29, 1.82) is 0 Å². The number of H-pyrrole nitrogens is 2. The summed E-state index contributed by atoms with van der Waals surface area (Å²) in [6.45, 7) is 10.8. The van der Waals surface area contributed by atoms with E-state index in [1.54, 1.807) is 14.2 Å². The Balaban J connectivity index is 1.06. The minimum atomic E-state index is -0.738. The molecule has 3 amide bonds. The van der Waals surface area contributed by atoms with Gasteiger partial charge in [-0.2, -0.15) is 0 Å². The van der Waals surface area contributed by atoms with Crippen LogP contribution in [0.1, 0.15) is 82.7 Å². The Kier molecular flexibility index (Phi) is 12.4. The Bertz CT molecular complexity index is 2410. The summed E-state index contributed by atoms with van der Waals surface area (Å²) in [6.07, 6.45) is 6.14. The summed E-state index contributed by atoms with van der Waals surface area (Å²) < 4.78 is 22.4. The number of carbonyl (C=O) groups excluding carboxylic acids is 3. The lowest BCUT2D eigenvalue weighted by Crippen LogP contribution is -2.51. The van der Waals surface area contributed by atoms with Crippen LogP contribution >= 0.6 is 0 Å². The summed E-state index contributed by atoms with van der Waals surface area (Å²) in [5.41, 5.74) is 6.74. The number of hydrogen-bond donors (Lipinski definition) is 3. The zero-order valence-electron chi connectivity index (χ0n) is 36.2. The summed E-state index contributed by atoms with van der Waals surface area (Å²) in [6, 6.07) is 13.6. The third-order valence-electron chi connectivity index (χ3n) is 13.1. The van der Waals surface area contributed by atoms with E-state index in [-0.39, 0.29) is 47.6 Å². The van der Waals surface area contributed by atoms with Crippen molar-refractivity contribution in [1.82, 2.24) is 35.1 Å². The average Bonchev–Trinajstić information content (AvgIpc) is 4.10. The predicted octanol–water partition coefficient (Wildman–Crippen LogP) is 7.76. The molecule has 0 saturated carbocycles.